The first-order valence-electron chi connectivity index (χ1n) is 5.36. The average molecular weight is 203 g/mol. The van der Waals surface area contributed by atoms with Crippen LogP contribution in [-0.4, -0.2) is 46.3 Å². The third-order valence-corrected chi connectivity index (χ3v) is 2.22. The number of unbranched alkanes of at least 4 members (excludes halogenated alkanes) is 1. The summed E-state index contributed by atoms with van der Waals surface area (Å²) in [6.45, 7) is 4.30. The molecule has 0 radical (unpaired) electrons. The molecule has 1 aliphatic heterocycles. The number of nitrogens with one attached hydrogen (secondary N) is 1. The monoisotopic (exact) mass is 203 g/mol. The molecule has 84 valence electrons. The molecule has 1 N–H and O–H groups in total. The molecule has 0 aliphatic carbocycles. The molecule has 4 heteroatoms. The summed E-state index contributed by atoms with van der Waals surface area (Å²) in [7, 11) is 1.72. The molecule has 0 aromatic rings. The fourth-order valence-electron chi connectivity index (χ4n) is 1.43. The Morgan fingerprint density at radius 1 is 1.21 bits per heavy atom. The van der Waals surface area contributed by atoms with Crippen molar-refractivity contribution in [2.75, 3.05) is 40.0 Å². The second kappa shape index (κ2) is 8.17. The Bertz CT molecular complexity index is 127. The summed E-state index contributed by atoms with van der Waals surface area (Å²) in [6.07, 6.45) is 3.41. The topological polar surface area (TPSA) is 39.7 Å². The highest BCUT2D eigenvalue weighted by molar-refractivity contribution is 4.54. The molecule has 1 saturated heterocycles. The van der Waals surface area contributed by atoms with E-state index in [2.05, 4.69) is 5.32 Å². The molecule has 0 aromatic carbocycles. The Labute approximate surface area is 85.9 Å². The summed E-state index contributed by atoms with van der Waals surface area (Å²) in [5.74, 6) is 0. The van der Waals surface area contributed by atoms with Gasteiger partial charge >= 0.3 is 0 Å². The van der Waals surface area contributed by atoms with Crippen LogP contribution in [0.5, 0.6) is 0 Å². The Morgan fingerprint density at radius 2 is 2.00 bits per heavy atom. The molecule has 1 heterocycles. The molecular weight excluding hydrogens is 182 g/mol. The van der Waals surface area contributed by atoms with Gasteiger partial charge in [0.1, 0.15) is 0 Å². The van der Waals surface area contributed by atoms with Crippen molar-refractivity contribution in [1.82, 2.24) is 5.32 Å². The lowest BCUT2D eigenvalue weighted by molar-refractivity contribution is -0.0479. The first-order chi connectivity index (χ1) is 6.93. The maximum absolute atomic E-state index is 5.34. The minimum absolute atomic E-state index is 0.0639. The van der Waals surface area contributed by atoms with Gasteiger partial charge in [-0.2, -0.15) is 0 Å². The number of rotatable bonds is 8. The van der Waals surface area contributed by atoms with Crippen molar-refractivity contribution in [3.05, 3.63) is 0 Å². The third kappa shape index (κ3) is 5.54. The standard InChI is InChI=1S/C10H21NO3/c1-12-7-6-11-5-3-2-4-10-13-8-9-14-10/h10-11H,2-9H2,1H3. The van der Waals surface area contributed by atoms with Crippen LogP contribution in [0.15, 0.2) is 0 Å². The van der Waals surface area contributed by atoms with Gasteiger partial charge in [-0.05, 0) is 25.8 Å². The molecule has 1 fully saturated rings. The zero-order chi connectivity index (χ0) is 10.1. The maximum atomic E-state index is 5.34. The van der Waals surface area contributed by atoms with E-state index in [0.717, 1.165) is 45.8 Å². The first-order valence-corrected chi connectivity index (χ1v) is 5.36. The molecule has 0 saturated carbocycles. The van der Waals surface area contributed by atoms with Gasteiger partial charge in [0.25, 0.3) is 0 Å². The fourth-order valence-corrected chi connectivity index (χ4v) is 1.43. The van der Waals surface area contributed by atoms with Crippen LogP contribution in [0.4, 0.5) is 0 Å². The lowest BCUT2D eigenvalue weighted by Crippen LogP contribution is -2.20. The zero-order valence-electron chi connectivity index (χ0n) is 8.96. The van der Waals surface area contributed by atoms with Crippen LogP contribution < -0.4 is 5.32 Å². The van der Waals surface area contributed by atoms with Crippen LogP contribution in [0.3, 0.4) is 0 Å². The third-order valence-electron chi connectivity index (χ3n) is 2.22. The quantitative estimate of drug-likeness (QED) is 0.591. The lowest BCUT2D eigenvalue weighted by atomic mass is 10.2. The molecular formula is C10H21NO3. The van der Waals surface area contributed by atoms with E-state index in [1.807, 2.05) is 0 Å². The van der Waals surface area contributed by atoms with Crippen LogP contribution in [0.1, 0.15) is 19.3 Å². The summed E-state index contributed by atoms with van der Waals surface area (Å²) < 4.78 is 15.6. The number of methoxy groups -OCH3 is 1. The van der Waals surface area contributed by atoms with E-state index in [9.17, 15) is 0 Å². The van der Waals surface area contributed by atoms with E-state index in [1.165, 1.54) is 6.42 Å². The molecule has 4 nitrogen and oxygen atoms in total. The molecule has 1 aliphatic rings. The minimum Gasteiger partial charge on any atom is -0.383 e. The number of hydrogen-bond acceptors (Lipinski definition) is 4. The van der Waals surface area contributed by atoms with Crippen LogP contribution in [0.25, 0.3) is 0 Å². The van der Waals surface area contributed by atoms with Gasteiger partial charge < -0.3 is 19.5 Å². The van der Waals surface area contributed by atoms with Crippen molar-refractivity contribution in [2.45, 2.75) is 25.6 Å². The Balaban J connectivity index is 1.75. The summed E-state index contributed by atoms with van der Waals surface area (Å²) in [6, 6.07) is 0. The van der Waals surface area contributed by atoms with E-state index in [1.54, 1.807) is 7.11 Å². The largest absolute Gasteiger partial charge is 0.383 e. The lowest BCUT2D eigenvalue weighted by Gasteiger charge is -2.08. The predicted octanol–water partition coefficient (Wildman–Crippen LogP) is 0.766. The van der Waals surface area contributed by atoms with Gasteiger partial charge in [-0.3, -0.25) is 0 Å². The van der Waals surface area contributed by atoms with Crippen LogP contribution in [0, 0.1) is 0 Å². The summed E-state index contributed by atoms with van der Waals surface area (Å²) in [5, 5.41) is 3.31. The fraction of sp³-hybridized carbons (Fsp3) is 1.00. The number of ether oxygens (including phenoxy) is 3. The smallest absolute Gasteiger partial charge is 0.157 e. The van der Waals surface area contributed by atoms with Crippen molar-refractivity contribution in [3.63, 3.8) is 0 Å². The van der Waals surface area contributed by atoms with Gasteiger partial charge in [-0.1, -0.05) is 0 Å². The Kier molecular flexibility index (Phi) is 6.95. The second-order valence-electron chi connectivity index (χ2n) is 3.41. The van der Waals surface area contributed by atoms with Crippen molar-refractivity contribution >= 4 is 0 Å². The molecule has 0 unspecified atom stereocenters. The van der Waals surface area contributed by atoms with Crippen molar-refractivity contribution in [2.24, 2.45) is 0 Å². The molecule has 0 bridgehead atoms. The van der Waals surface area contributed by atoms with Crippen molar-refractivity contribution in [3.8, 4) is 0 Å². The number of hydrogen-bond donors (Lipinski definition) is 1. The summed E-state index contributed by atoms with van der Waals surface area (Å²) >= 11 is 0. The van der Waals surface area contributed by atoms with E-state index in [-0.39, 0.29) is 6.29 Å². The highest BCUT2D eigenvalue weighted by Crippen LogP contribution is 2.10. The van der Waals surface area contributed by atoms with Gasteiger partial charge in [-0.15, -0.1) is 0 Å². The molecule has 14 heavy (non-hydrogen) atoms. The van der Waals surface area contributed by atoms with Gasteiger partial charge in [0.2, 0.25) is 0 Å². The highest BCUT2D eigenvalue weighted by Gasteiger charge is 2.14. The SMILES string of the molecule is COCCNCCCCC1OCCO1. The maximum Gasteiger partial charge on any atom is 0.157 e. The zero-order valence-corrected chi connectivity index (χ0v) is 8.96. The van der Waals surface area contributed by atoms with Crippen LogP contribution in [-0.2, 0) is 14.2 Å². The molecule has 0 spiro atoms. The van der Waals surface area contributed by atoms with E-state index < -0.39 is 0 Å². The van der Waals surface area contributed by atoms with Crippen LogP contribution >= 0.6 is 0 Å². The van der Waals surface area contributed by atoms with E-state index >= 15 is 0 Å². The minimum atomic E-state index is 0.0639. The summed E-state index contributed by atoms with van der Waals surface area (Å²) in [4.78, 5) is 0. The van der Waals surface area contributed by atoms with E-state index in [0.29, 0.717) is 0 Å². The van der Waals surface area contributed by atoms with Crippen molar-refractivity contribution in [1.29, 1.82) is 0 Å². The van der Waals surface area contributed by atoms with Gasteiger partial charge in [0.15, 0.2) is 6.29 Å². The molecule has 1 rings (SSSR count). The average Bonchev–Trinajstić information content (AvgIpc) is 2.69. The van der Waals surface area contributed by atoms with Crippen LogP contribution in [0.2, 0.25) is 0 Å². The van der Waals surface area contributed by atoms with Gasteiger partial charge in [0.05, 0.1) is 19.8 Å². The molecule has 0 atom stereocenters. The van der Waals surface area contributed by atoms with E-state index in [4.69, 9.17) is 14.2 Å². The first kappa shape index (κ1) is 11.9. The van der Waals surface area contributed by atoms with Gasteiger partial charge in [-0.25, -0.2) is 0 Å². The normalized spacial score (nSPS) is 17.8. The van der Waals surface area contributed by atoms with Crippen molar-refractivity contribution < 1.29 is 14.2 Å². The molecule has 0 amide bonds. The second-order valence-corrected chi connectivity index (χ2v) is 3.41. The Morgan fingerprint density at radius 3 is 2.71 bits per heavy atom. The predicted molar refractivity (Wildman–Crippen MR) is 54.3 cm³/mol. The summed E-state index contributed by atoms with van der Waals surface area (Å²) in [5.41, 5.74) is 0. The molecule has 0 aromatic heterocycles. The highest BCUT2D eigenvalue weighted by atomic mass is 16.7. The van der Waals surface area contributed by atoms with Gasteiger partial charge in [0, 0.05) is 13.7 Å². The Hall–Kier alpha value is -0.160.